The fourth-order valence-electron chi connectivity index (χ4n) is 2.09. The summed E-state index contributed by atoms with van der Waals surface area (Å²) in [5.41, 5.74) is 7.61. The first-order valence-corrected chi connectivity index (χ1v) is 6.36. The summed E-state index contributed by atoms with van der Waals surface area (Å²) < 4.78 is 8.35. The van der Waals surface area contributed by atoms with Gasteiger partial charge in [0, 0.05) is 17.1 Å². The van der Waals surface area contributed by atoms with Crippen LogP contribution >= 0.6 is 11.3 Å². The molecule has 2 heterocycles. The lowest BCUT2D eigenvalue weighted by atomic mass is 10.2. The standard InChI is InChI=1S/C13H13N3OS/c1-16-13(9(14)7-15-16)12-6-8-10(17-2)4-3-5-11(8)18-12/h3-7H,14H2,1-2H3. The summed E-state index contributed by atoms with van der Waals surface area (Å²) in [5, 5.41) is 5.28. The molecular formula is C13H13N3OS. The highest BCUT2D eigenvalue weighted by atomic mass is 32.1. The fraction of sp³-hybridized carbons (Fsp3) is 0.154. The van der Waals surface area contributed by atoms with Crippen molar-refractivity contribution in [1.29, 1.82) is 0 Å². The van der Waals surface area contributed by atoms with Crippen LogP contribution in [0.4, 0.5) is 5.69 Å². The van der Waals surface area contributed by atoms with Gasteiger partial charge in [-0.05, 0) is 18.2 Å². The minimum absolute atomic E-state index is 0.697. The van der Waals surface area contributed by atoms with Crippen LogP contribution in [0.25, 0.3) is 20.7 Å². The highest BCUT2D eigenvalue weighted by Crippen LogP contribution is 2.39. The van der Waals surface area contributed by atoms with Gasteiger partial charge in [-0.15, -0.1) is 11.3 Å². The smallest absolute Gasteiger partial charge is 0.127 e. The van der Waals surface area contributed by atoms with E-state index >= 15 is 0 Å². The molecule has 0 aliphatic rings. The Bertz CT molecular complexity index is 695. The molecule has 0 atom stereocenters. The molecule has 0 saturated carbocycles. The summed E-state index contributed by atoms with van der Waals surface area (Å²) in [6.07, 6.45) is 1.68. The number of fused-ring (bicyclic) bond motifs is 1. The zero-order chi connectivity index (χ0) is 12.7. The van der Waals surface area contributed by atoms with Crippen molar-refractivity contribution >= 4 is 27.1 Å². The minimum Gasteiger partial charge on any atom is -0.496 e. The van der Waals surface area contributed by atoms with Crippen molar-refractivity contribution in [3.05, 3.63) is 30.5 Å². The van der Waals surface area contributed by atoms with Gasteiger partial charge in [-0.1, -0.05) is 6.07 Å². The molecule has 0 bridgehead atoms. The number of methoxy groups -OCH3 is 1. The van der Waals surface area contributed by atoms with E-state index in [1.165, 1.54) is 4.70 Å². The molecule has 92 valence electrons. The van der Waals surface area contributed by atoms with E-state index in [9.17, 15) is 0 Å². The zero-order valence-corrected chi connectivity index (χ0v) is 11.0. The van der Waals surface area contributed by atoms with Crippen molar-refractivity contribution in [1.82, 2.24) is 9.78 Å². The second kappa shape index (κ2) is 4.03. The first kappa shape index (κ1) is 11.1. The number of thiophene rings is 1. The molecule has 0 saturated heterocycles. The van der Waals surface area contributed by atoms with E-state index in [-0.39, 0.29) is 0 Å². The fourth-order valence-corrected chi connectivity index (χ4v) is 3.26. The third-order valence-electron chi connectivity index (χ3n) is 2.94. The van der Waals surface area contributed by atoms with Gasteiger partial charge < -0.3 is 10.5 Å². The van der Waals surface area contributed by atoms with Crippen LogP contribution in [0.15, 0.2) is 30.5 Å². The lowest BCUT2D eigenvalue weighted by Gasteiger charge is -1.99. The number of nitrogens with two attached hydrogens (primary N) is 1. The molecule has 0 unspecified atom stereocenters. The number of anilines is 1. The molecule has 4 nitrogen and oxygen atoms in total. The van der Waals surface area contributed by atoms with Crippen molar-refractivity contribution in [3.8, 4) is 16.3 Å². The Balaban J connectivity index is 2.26. The number of ether oxygens (including phenoxy) is 1. The highest BCUT2D eigenvalue weighted by molar-refractivity contribution is 7.22. The van der Waals surface area contributed by atoms with E-state index in [2.05, 4.69) is 17.2 Å². The maximum atomic E-state index is 5.96. The molecule has 0 aliphatic carbocycles. The molecule has 5 heteroatoms. The van der Waals surface area contributed by atoms with E-state index in [1.54, 1.807) is 29.3 Å². The largest absolute Gasteiger partial charge is 0.496 e. The molecule has 3 rings (SSSR count). The van der Waals surface area contributed by atoms with Crippen LogP contribution in [-0.4, -0.2) is 16.9 Å². The number of aryl methyl sites for hydroxylation is 1. The van der Waals surface area contributed by atoms with Crippen LogP contribution in [-0.2, 0) is 7.05 Å². The summed E-state index contributed by atoms with van der Waals surface area (Å²) >= 11 is 1.69. The summed E-state index contributed by atoms with van der Waals surface area (Å²) in [5.74, 6) is 0.885. The van der Waals surface area contributed by atoms with Gasteiger partial charge in [0.05, 0.1) is 23.9 Å². The van der Waals surface area contributed by atoms with Crippen LogP contribution in [0.5, 0.6) is 5.75 Å². The van der Waals surface area contributed by atoms with Crippen LogP contribution in [0.2, 0.25) is 0 Å². The van der Waals surface area contributed by atoms with Gasteiger partial charge in [0.25, 0.3) is 0 Å². The lowest BCUT2D eigenvalue weighted by Crippen LogP contribution is -1.93. The van der Waals surface area contributed by atoms with Gasteiger partial charge in [-0.25, -0.2) is 0 Å². The highest BCUT2D eigenvalue weighted by Gasteiger charge is 2.13. The molecule has 3 aromatic rings. The Morgan fingerprint density at radius 3 is 2.89 bits per heavy atom. The van der Waals surface area contributed by atoms with E-state index < -0.39 is 0 Å². The summed E-state index contributed by atoms with van der Waals surface area (Å²) in [6, 6.07) is 8.14. The first-order valence-electron chi connectivity index (χ1n) is 5.55. The summed E-state index contributed by atoms with van der Waals surface area (Å²) in [7, 11) is 3.58. The molecule has 0 radical (unpaired) electrons. The minimum atomic E-state index is 0.697. The van der Waals surface area contributed by atoms with Crippen molar-refractivity contribution in [3.63, 3.8) is 0 Å². The summed E-state index contributed by atoms with van der Waals surface area (Å²) in [4.78, 5) is 1.10. The predicted molar refractivity (Wildman–Crippen MR) is 75.0 cm³/mol. The number of nitrogens with zero attached hydrogens (tertiary/aromatic N) is 2. The number of aromatic nitrogens is 2. The van der Waals surface area contributed by atoms with Crippen molar-refractivity contribution in [2.24, 2.45) is 7.05 Å². The number of hydrogen-bond acceptors (Lipinski definition) is 4. The Hall–Kier alpha value is -2.01. The quantitative estimate of drug-likeness (QED) is 0.770. The molecule has 0 spiro atoms. The Morgan fingerprint density at radius 2 is 2.22 bits per heavy atom. The molecule has 2 N–H and O–H groups in total. The second-order valence-corrected chi connectivity index (χ2v) is 5.14. The van der Waals surface area contributed by atoms with E-state index in [0.717, 1.165) is 21.7 Å². The third-order valence-corrected chi connectivity index (χ3v) is 4.05. The van der Waals surface area contributed by atoms with Gasteiger partial charge in [0.15, 0.2) is 0 Å². The maximum absolute atomic E-state index is 5.96. The predicted octanol–water partition coefficient (Wildman–Crippen LogP) is 2.89. The molecule has 18 heavy (non-hydrogen) atoms. The lowest BCUT2D eigenvalue weighted by molar-refractivity contribution is 0.420. The molecule has 0 fully saturated rings. The Kier molecular flexibility index (Phi) is 2.48. The van der Waals surface area contributed by atoms with Crippen molar-refractivity contribution < 1.29 is 4.74 Å². The van der Waals surface area contributed by atoms with Gasteiger partial charge in [0.1, 0.15) is 11.4 Å². The van der Waals surface area contributed by atoms with E-state index in [1.807, 2.05) is 19.2 Å². The molecule has 0 aliphatic heterocycles. The van der Waals surface area contributed by atoms with Crippen molar-refractivity contribution in [2.45, 2.75) is 0 Å². The van der Waals surface area contributed by atoms with Crippen LogP contribution in [0.1, 0.15) is 0 Å². The van der Waals surface area contributed by atoms with Gasteiger partial charge in [-0.2, -0.15) is 5.10 Å². The number of benzene rings is 1. The Labute approximate surface area is 109 Å². The zero-order valence-electron chi connectivity index (χ0n) is 10.2. The number of hydrogen-bond donors (Lipinski definition) is 1. The number of rotatable bonds is 2. The SMILES string of the molecule is COc1cccc2sc(-c3c(N)cnn3C)cc12. The Morgan fingerprint density at radius 1 is 1.39 bits per heavy atom. The van der Waals surface area contributed by atoms with Crippen LogP contribution in [0.3, 0.4) is 0 Å². The average Bonchev–Trinajstić information content (AvgIpc) is 2.92. The maximum Gasteiger partial charge on any atom is 0.127 e. The summed E-state index contributed by atoms with van der Waals surface area (Å²) in [6.45, 7) is 0. The average molecular weight is 259 g/mol. The molecule has 0 amide bonds. The first-order chi connectivity index (χ1) is 8.70. The normalized spacial score (nSPS) is 11.0. The van der Waals surface area contributed by atoms with Gasteiger partial charge >= 0.3 is 0 Å². The monoisotopic (exact) mass is 259 g/mol. The van der Waals surface area contributed by atoms with Crippen LogP contribution in [0, 0.1) is 0 Å². The third kappa shape index (κ3) is 1.55. The van der Waals surface area contributed by atoms with E-state index in [4.69, 9.17) is 10.5 Å². The van der Waals surface area contributed by atoms with Crippen LogP contribution < -0.4 is 10.5 Å². The topological polar surface area (TPSA) is 53.1 Å². The van der Waals surface area contributed by atoms with Gasteiger partial charge in [0.2, 0.25) is 0 Å². The van der Waals surface area contributed by atoms with E-state index in [0.29, 0.717) is 5.69 Å². The van der Waals surface area contributed by atoms with Gasteiger partial charge in [-0.3, -0.25) is 4.68 Å². The number of nitrogen functional groups attached to an aromatic ring is 1. The molecule has 2 aromatic heterocycles. The second-order valence-electron chi connectivity index (χ2n) is 4.05. The molecular weight excluding hydrogens is 246 g/mol. The molecule has 1 aromatic carbocycles. The van der Waals surface area contributed by atoms with Crippen molar-refractivity contribution in [2.75, 3.05) is 12.8 Å².